The van der Waals surface area contributed by atoms with Gasteiger partial charge in [-0.3, -0.25) is 4.79 Å². The molecule has 0 fully saturated rings. The van der Waals surface area contributed by atoms with Crippen LogP contribution in [0.25, 0.3) is 20.9 Å². The molecule has 134 valence electrons. The van der Waals surface area contributed by atoms with Crippen LogP contribution < -0.4 is 10.1 Å². The molecule has 4 aromatic rings. The number of hydrogen-bond acceptors (Lipinski definition) is 5. The summed E-state index contributed by atoms with van der Waals surface area (Å²) in [5, 5.41) is 3.60. The lowest BCUT2D eigenvalue weighted by Gasteiger charge is -2.08. The van der Waals surface area contributed by atoms with Gasteiger partial charge in [0.05, 0.1) is 0 Å². The molecule has 4 rings (SSSR count). The molecule has 1 amide bonds. The number of benzene rings is 2. The summed E-state index contributed by atoms with van der Waals surface area (Å²) in [4.78, 5) is 21.8. The Morgan fingerprint density at radius 1 is 1.11 bits per heavy atom. The minimum atomic E-state index is -0.411. The van der Waals surface area contributed by atoms with Crippen LogP contribution in [-0.4, -0.2) is 22.5 Å². The number of rotatable bonds is 5. The summed E-state index contributed by atoms with van der Waals surface area (Å²) in [6, 6.07) is 16.8. The molecular weight excluding hydrogens is 365 g/mol. The quantitative estimate of drug-likeness (QED) is 0.554. The molecule has 0 aliphatic rings. The Balaban J connectivity index is 1.45. The van der Waals surface area contributed by atoms with Crippen LogP contribution in [0.5, 0.6) is 5.75 Å². The molecule has 7 heteroatoms. The first-order chi connectivity index (χ1) is 13.2. The highest BCUT2D eigenvalue weighted by atomic mass is 32.1. The largest absolute Gasteiger partial charge is 0.484 e. The molecule has 2 heterocycles. The van der Waals surface area contributed by atoms with Gasteiger partial charge in [-0.15, -0.1) is 0 Å². The zero-order chi connectivity index (χ0) is 18.6. The highest BCUT2D eigenvalue weighted by Crippen LogP contribution is 2.30. The summed E-state index contributed by atoms with van der Waals surface area (Å²) in [7, 11) is 0. The highest BCUT2D eigenvalue weighted by Gasteiger charge is 2.09. The molecule has 1 N–H and O–H groups in total. The number of amides is 1. The van der Waals surface area contributed by atoms with Crippen LogP contribution in [0.4, 0.5) is 10.1 Å². The van der Waals surface area contributed by atoms with Crippen molar-refractivity contribution in [2.24, 2.45) is 0 Å². The predicted octanol–water partition coefficient (Wildman–Crippen LogP) is 4.51. The number of fused-ring (bicyclic) bond motifs is 1. The third kappa shape index (κ3) is 4.09. The number of nitrogens with one attached hydrogen (secondary N) is 1. The number of aromatic nitrogens is 2. The van der Waals surface area contributed by atoms with E-state index in [1.54, 1.807) is 18.3 Å². The smallest absolute Gasteiger partial charge is 0.262 e. The van der Waals surface area contributed by atoms with Gasteiger partial charge in [-0.25, -0.2) is 14.4 Å². The van der Waals surface area contributed by atoms with E-state index in [-0.39, 0.29) is 12.5 Å². The fraction of sp³-hybridized carbons (Fsp3) is 0.0500. The van der Waals surface area contributed by atoms with Gasteiger partial charge in [0.25, 0.3) is 5.91 Å². The summed E-state index contributed by atoms with van der Waals surface area (Å²) in [6.07, 6.45) is 1.74. The van der Waals surface area contributed by atoms with Crippen molar-refractivity contribution in [2.75, 3.05) is 11.9 Å². The third-order valence-electron chi connectivity index (χ3n) is 3.73. The average Bonchev–Trinajstić information content (AvgIpc) is 3.11. The molecule has 5 nitrogen and oxygen atoms in total. The molecule has 27 heavy (non-hydrogen) atoms. The van der Waals surface area contributed by atoms with Gasteiger partial charge in [0.2, 0.25) is 0 Å². The van der Waals surface area contributed by atoms with Gasteiger partial charge in [0.15, 0.2) is 6.61 Å². The molecule has 0 radical (unpaired) electrons. The van der Waals surface area contributed by atoms with E-state index in [1.165, 1.54) is 29.5 Å². The van der Waals surface area contributed by atoms with Crippen LogP contribution >= 0.6 is 11.3 Å². The molecule has 0 aliphatic carbocycles. The fourth-order valence-corrected chi connectivity index (χ4v) is 3.43. The number of hydrogen-bond donors (Lipinski definition) is 1. The topological polar surface area (TPSA) is 64.1 Å². The Kier molecular flexibility index (Phi) is 4.76. The molecule has 2 aromatic carbocycles. The lowest BCUT2D eigenvalue weighted by Crippen LogP contribution is -2.20. The van der Waals surface area contributed by atoms with Gasteiger partial charge in [0, 0.05) is 23.5 Å². The average molecular weight is 379 g/mol. The summed E-state index contributed by atoms with van der Waals surface area (Å²) >= 11 is 1.49. The second-order valence-electron chi connectivity index (χ2n) is 5.72. The van der Waals surface area contributed by atoms with E-state index in [1.807, 2.05) is 30.3 Å². The van der Waals surface area contributed by atoms with Gasteiger partial charge in [-0.2, -0.15) is 0 Å². The zero-order valence-electron chi connectivity index (χ0n) is 14.1. The van der Waals surface area contributed by atoms with Crippen LogP contribution in [0.1, 0.15) is 0 Å². The molecule has 0 bridgehead atoms. The van der Waals surface area contributed by atoms with Crippen LogP contribution in [0, 0.1) is 5.82 Å². The van der Waals surface area contributed by atoms with E-state index in [2.05, 4.69) is 15.3 Å². The lowest BCUT2D eigenvalue weighted by molar-refractivity contribution is -0.118. The normalized spacial score (nSPS) is 10.7. The zero-order valence-corrected chi connectivity index (χ0v) is 14.9. The van der Waals surface area contributed by atoms with E-state index in [4.69, 9.17) is 4.74 Å². The van der Waals surface area contributed by atoms with E-state index in [0.717, 1.165) is 20.9 Å². The van der Waals surface area contributed by atoms with Gasteiger partial charge in [-0.1, -0.05) is 29.5 Å². The van der Waals surface area contributed by atoms with Crippen molar-refractivity contribution < 1.29 is 13.9 Å². The molecule has 2 aromatic heterocycles. The molecule has 0 aliphatic heterocycles. The van der Waals surface area contributed by atoms with E-state index >= 15 is 0 Å². The Labute approximate surface area is 158 Å². The van der Waals surface area contributed by atoms with Crippen LogP contribution in [0.3, 0.4) is 0 Å². The highest BCUT2D eigenvalue weighted by molar-refractivity contribution is 7.21. The third-order valence-corrected chi connectivity index (χ3v) is 4.75. The van der Waals surface area contributed by atoms with Gasteiger partial charge >= 0.3 is 0 Å². The molecule has 0 saturated heterocycles. The van der Waals surface area contributed by atoms with Crippen molar-refractivity contribution in [3.8, 4) is 16.3 Å². The van der Waals surface area contributed by atoms with Crippen LogP contribution in [0.15, 0.2) is 66.9 Å². The second kappa shape index (κ2) is 7.51. The molecule has 0 atom stereocenters. The number of pyridine rings is 1. The first kappa shape index (κ1) is 17.1. The molecular formula is C20H14FN3O2S. The lowest BCUT2D eigenvalue weighted by atomic mass is 10.2. The maximum Gasteiger partial charge on any atom is 0.262 e. The molecule has 0 spiro atoms. The Hall–Kier alpha value is -3.32. The number of ether oxygens (including phenoxy) is 1. The minimum Gasteiger partial charge on any atom is -0.484 e. The number of carbonyl (C=O) groups excluding carboxylic acids is 1. The van der Waals surface area contributed by atoms with E-state index < -0.39 is 5.82 Å². The van der Waals surface area contributed by atoms with Crippen molar-refractivity contribution in [1.29, 1.82) is 0 Å². The summed E-state index contributed by atoms with van der Waals surface area (Å²) in [5.41, 5.74) is 2.37. The standard InChI is InChI=1S/C20H14FN3O2S/c21-14-5-2-7-16(11-14)26-12-18(25)23-15-6-1-4-13(10-15)19-24-17-8-3-9-22-20(17)27-19/h1-11H,12H2,(H,23,25). The Bertz CT molecular complexity index is 1080. The van der Waals surface area contributed by atoms with Crippen molar-refractivity contribution in [3.05, 3.63) is 72.7 Å². The maximum atomic E-state index is 13.1. The number of nitrogens with zero attached hydrogens (tertiary/aromatic N) is 2. The summed E-state index contributed by atoms with van der Waals surface area (Å²) in [6.45, 7) is -0.210. The number of anilines is 1. The first-order valence-corrected chi connectivity index (χ1v) is 8.99. The minimum absolute atomic E-state index is 0.210. The summed E-state index contributed by atoms with van der Waals surface area (Å²) in [5.74, 6) is -0.436. The summed E-state index contributed by atoms with van der Waals surface area (Å²) < 4.78 is 18.4. The van der Waals surface area contributed by atoms with Crippen LogP contribution in [0.2, 0.25) is 0 Å². The predicted molar refractivity (Wildman–Crippen MR) is 103 cm³/mol. The van der Waals surface area contributed by atoms with Crippen LogP contribution in [-0.2, 0) is 4.79 Å². The van der Waals surface area contributed by atoms with Gasteiger partial charge < -0.3 is 10.1 Å². The Morgan fingerprint density at radius 3 is 2.85 bits per heavy atom. The number of halogens is 1. The van der Waals surface area contributed by atoms with E-state index in [9.17, 15) is 9.18 Å². The number of thiazole rings is 1. The van der Waals surface area contributed by atoms with Crippen molar-refractivity contribution >= 4 is 33.3 Å². The SMILES string of the molecule is O=C(COc1cccc(F)c1)Nc1cccc(-c2nc3cccnc3s2)c1. The van der Waals surface area contributed by atoms with E-state index in [0.29, 0.717) is 11.4 Å². The number of carbonyl (C=O) groups is 1. The van der Waals surface area contributed by atoms with Gasteiger partial charge in [0.1, 0.15) is 26.9 Å². The molecule has 0 unspecified atom stereocenters. The monoisotopic (exact) mass is 379 g/mol. The fourth-order valence-electron chi connectivity index (χ4n) is 2.53. The molecule has 0 saturated carbocycles. The van der Waals surface area contributed by atoms with Crippen molar-refractivity contribution in [3.63, 3.8) is 0 Å². The van der Waals surface area contributed by atoms with Gasteiger partial charge in [-0.05, 0) is 36.4 Å². The first-order valence-electron chi connectivity index (χ1n) is 8.17. The van der Waals surface area contributed by atoms with Crippen molar-refractivity contribution in [1.82, 2.24) is 9.97 Å². The Morgan fingerprint density at radius 2 is 2.00 bits per heavy atom. The van der Waals surface area contributed by atoms with Crippen molar-refractivity contribution in [2.45, 2.75) is 0 Å². The second-order valence-corrected chi connectivity index (χ2v) is 6.70. The maximum absolute atomic E-state index is 13.1.